The van der Waals surface area contributed by atoms with E-state index in [0.717, 1.165) is 12.1 Å². The highest BCUT2D eigenvalue weighted by atomic mass is 32.2. The standard InChI is InChI=1S/C21H24N4O3S/c1-2-16-14-24(15-17-7-3-4-12-23-17)21(26)20-10-5-9-19(16)25(20)29(27,28)18-8-6-11-22-13-18/h2-4,6-8,11-13,16,19-20H,1,5,9-10,14-15H2/t16-,19-,20+/m1/s1. The molecule has 2 aliphatic rings. The number of fused-ring (bicyclic) bond motifs is 2. The number of pyridine rings is 2. The van der Waals surface area contributed by atoms with Crippen LogP contribution >= 0.6 is 0 Å². The maximum absolute atomic E-state index is 13.5. The number of hydrogen-bond acceptors (Lipinski definition) is 5. The predicted molar refractivity (Wildman–Crippen MR) is 108 cm³/mol. The third kappa shape index (κ3) is 3.70. The Kier molecular flexibility index (Phi) is 5.47. The van der Waals surface area contributed by atoms with Gasteiger partial charge in [0.25, 0.3) is 0 Å². The molecular formula is C21H24N4O3S. The van der Waals surface area contributed by atoms with Gasteiger partial charge in [-0.1, -0.05) is 12.1 Å². The van der Waals surface area contributed by atoms with Gasteiger partial charge >= 0.3 is 0 Å². The van der Waals surface area contributed by atoms with Gasteiger partial charge in [-0.15, -0.1) is 6.58 Å². The van der Waals surface area contributed by atoms with Crippen molar-refractivity contribution < 1.29 is 13.2 Å². The molecule has 0 N–H and O–H groups in total. The van der Waals surface area contributed by atoms with Crippen molar-refractivity contribution in [3.63, 3.8) is 0 Å². The lowest BCUT2D eigenvalue weighted by Crippen LogP contribution is -2.54. The number of carbonyl (C=O) groups is 1. The Hall–Kier alpha value is -2.58. The summed E-state index contributed by atoms with van der Waals surface area (Å²) < 4.78 is 28.4. The number of amides is 1. The van der Waals surface area contributed by atoms with Crippen molar-refractivity contribution >= 4 is 15.9 Å². The second kappa shape index (κ2) is 8.04. The van der Waals surface area contributed by atoms with E-state index in [1.54, 1.807) is 23.2 Å². The Morgan fingerprint density at radius 1 is 1.17 bits per heavy atom. The minimum Gasteiger partial charge on any atom is -0.335 e. The number of rotatable bonds is 5. The number of aromatic nitrogens is 2. The van der Waals surface area contributed by atoms with Crippen molar-refractivity contribution in [3.8, 4) is 0 Å². The Bertz CT molecular complexity index is 982. The molecule has 8 heteroatoms. The summed E-state index contributed by atoms with van der Waals surface area (Å²) in [6, 6.07) is 7.70. The molecule has 2 aromatic rings. The Labute approximate surface area is 171 Å². The van der Waals surface area contributed by atoms with Crippen molar-refractivity contribution in [2.75, 3.05) is 6.54 Å². The number of sulfonamides is 1. The minimum atomic E-state index is -3.86. The lowest BCUT2D eigenvalue weighted by Gasteiger charge is -2.40. The van der Waals surface area contributed by atoms with E-state index in [9.17, 15) is 13.2 Å². The van der Waals surface area contributed by atoms with Crippen LogP contribution in [0, 0.1) is 5.92 Å². The largest absolute Gasteiger partial charge is 0.335 e. The zero-order valence-electron chi connectivity index (χ0n) is 16.1. The molecule has 0 saturated carbocycles. The molecule has 2 fully saturated rings. The first-order chi connectivity index (χ1) is 14.0. The van der Waals surface area contributed by atoms with Crippen LogP contribution in [0.25, 0.3) is 0 Å². The summed E-state index contributed by atoms with van der Waals surface area (Å²) in [5.74, 6) is -0.323. The molecule has 0 unspecified atom stereocenters. The first-order valence-electron chi connectivity index (χ1n) is 9.77. The van der Waals surface area contributed by atoms with E-state index < -0.39 is 16.1 Å². The SMILES string of the molecule is C=C[C@@H]1CN(Cc2ccccn2)C(=O)[C@@H]2CCC[C@H]1N2S(=O)(=O)c1cccnc1. The minimum absolute atomic E-state index is 0.116. The van der Waals surface area contributed by atoms with Crippen molar-refractivity contribution in [2.45, 2.75) is 42.8 Å². The average Bonchev–Trinajstić information content (AvgIpc) is 2.82. The highest BCUT2D eigenvalue weighted by Crippen LogP contribution is 2.37. The zero-order valence-corrected chi connectivity index (χ0v) is 16.9. The summed E-state index contributed by atoms with van der Waals surface area (Å²) >= 11 is 0. The first kappa shape index (κ1) is 19.7. The van der Waals surface area contributed by atoms with Crippen LogP contribution in [0.4, 0.5) is 0 Å². The predicted octanol–water partition coefficient (Wildman–Crippen LogP) is 2.23. The van der Waals surface area contributed by atoms with Gasteiger partial charge in [-0.05, 0) is 43.5 Å². The third-order valence-electron chi connectivity index (χ3n) is 5.73. The number of carbonyl (C=O) groups excluding carboxylic acids is 1. The third-order valence-corrected chi connectivity index (χ3v) is 7.64. The summed E-state index contributed by atoms with van der Waals surface area (Å²) in [5, 5.41) is 0. The van der Waals surface area contributed by atoms with E-state index in [2.05, 4.69) is 16.5 Å². The lowest BCUT2D eigenvalue weighted by atomic mass is 9.90. The van der Waals surface area contributed by atoms with Gasteiger partial charge in [0.2, 0.25) is 15.9 Å². The van der Waals surface area contributed by atoms with Gasteiger partial charge in [0.1, 0.15) is 10.9 Å². The van der Waals surface area contributed by atoms with Crippen LogP contribution in [0.2, 0.25) is 0 Å². The van der Waals surface area contributed by atoms with Crippen LogP contribution in [-0.2, 0) is 21.4 Å². The van der Waals surface area contributed by atoms with Crippen LogP contribution in [-0.4, -0.2) is 52.1 Å². The monoisotopic (exact) mass is 412 g/mol. The van der Waals surface area contributed by atoms with E-state index in [-0.39, 0.29) is 22.8 Å². The van der Waals surface area contributed by atoms with Gasteiger partial charge in [-0.3, -0.25) is 14.8 Å². The quantitative estimate of drug-likeness (QED) is 0.704. The van der Waals surface area contributed by atoms with E-state index in [0.29, 0.717) is 25.9 Å². The van der Waals surface area contributed by atoms with Crippen LogP contribution in [0.3, 0.4) is 0 Å². The topological polar surface area (TPSA) is 83.5 Å². The van der Waals surface area contributed by atoms with Gasteiger partial charge in [0.05, 0.1) is 12.2 Å². The molecule has 3 atom stereocenters. The van der Waals surface area contributed by atoms with E-state index in [4.69, 9.17) is 0 Å². The molecule has 0 radical (unpaired) electrons. The molecule has 0 aliphatic carbocycles. The van der Waals surface area contributed by atoms with Gasteiger partial charge in [0, 0.05) is 37.1 Å². The average molecular weight is 413 g/mol. The molecule has 2 saturated heterocycles. The zero-order chi connectivity index (χ0) is 20.4. The summed E-state index contributed by atoms with van der Waals surface area (Å²) in [4.78, 5) is 23.6. The molecule has 152 valence electrons. The Morgan fingerprint density at radius 3 is 2.72 bits per heavy atom. The number of nitrogens with zero attached hydrogens (tertiary/aromatic N) is 4. The van der Waals surface area contributed by atoms with E-state index >= 15 is 0 Å². The molecular weight excluding hydrogens is 388 g/mol. The van der Waals surface area contributed by atoms with Crippen molar-refractivity contribution in [1.29, 1.82) is 0 Å². The molecule has 2 aromatic heterocycles. The highest BCUT2D eigenvalue weighted by molar-refractivity contribution is 7.89. The van der Waals surface area contributed by atoms with Crippen molar-refractivity contribution in [1.82, 2.24) is 19.2 Å². The summed E-state index contributed by atoms with van der Waals surface area (Å²) in [5.41, 5.74) is 0.779. The summed E-state index contributed by atoms with van der Waals surface area (Å²) in [7, 11) is -3.86. The highest BCUT2D eigenvalue weighted by Gasteiger charge is 2.49. The van der Waals surface area contributed by atoms with Crippen LogP contribution in [0.1, 0.15) is 25.0 Å². The van der Waals surface area contributed by atoms with Crippen molar-refractivity contribution in [2.24, 2.45) is 5.92 Å². The Morgan fingerprint density at radius 2 is 2.03 bits per heavy atom. The van der Waals surface area contributed by atoms with Gasteiger partial charge < -0.3 is 4.90 Å². The van der Waals surface area contributed by atoms with E-state index in [1.165, 1.54) is 22.8 Å². The van der Waals surface area contributed by atoms with Crippen LogP contribution in [0.5, 0.6) is 0 Å². The Balaban J connectivity index is 1.74. The van der Waals surface area contributed by atoms with E-state index in [1.807, 2.05) is 18.2 Å². The fraction of sp³-hybridized carbons (Fsp3) is 0.381. The maximum atomic E-state index is 13.5. The molecule has 1 amide bonds. The smallest absolute Gasteiger partial charge is 0.245 e. The molecule has 4 heterocycles. The molecule has 29 heavy (non-hydrogen) atoms. The summed E-state index contributed by atoms with van der Waals surface area (Å²) in [6.45, 7) is 4.73. The van der Waals surface area contributed by atoms with Gasteiger partial charge in [0.15, 0.2) is 0 Å². The molecule has 2 bridgehead atoms. The summed E-state index contributed by atoms with van der Waals surface area (Å²) in [6.07, 6.45) is 8.38. The normalized spacial score (nSPS) is 25.4. The fourth-order valence-corrected chi connectivity index (χ4v) is 6.18. The van der Waals surface area contributed by atoms with Crippen molar-refractivity contribution in [3.05, 3.63) is 67.3 Å². The molecule has 2 aliphatic heterocycles. The molecule has 0 aromatic carbocycles. The van der Waals surface area contributed by atoms with Gasteiger partial charge in [-0.2, -0.15) is 4.31 Å². The second-order valence-corrected chi connectivity index (χ2v) is 9.32. The van der Waals surface area contributed by atoms with Crippen LogP contribution in [0.15, 0.2) is 66.5 Å². The number of hydrogen-bond donors (Lipinski definition) is 0. The maximum Gasteiger partial charge on any atom is 0.245 e. The number of piperidine rings is 1. The van der Waals surface area contributed by atoms with Gasteiger partial charge in [-0.25, -0.2) is 8.42 Å². The second-order valence-electron chi connectivity index (χ2n) is 7.48. The molecule has 4 rings (SSSR count). The molecule has 7 nitrogen and oxygen atoms in total. The lowest BCUT2D eigenvalue weighted by molar-refractivity contribution is -0.135. The van der Waals surface area contributed by atoms with Crippen LogP contribution < -0.4 is 0 Å². The first-order valence-corrected chi connectivity index (χ1v) is 11.2. The molecule has 0 spiro atoms. The fourth-order valence-electron chi connectivity index (χ4n) is 4.35.